The van der Waals surface area contributed by atoms with Crippen LogP contribution in [0.5, 0.6) is 0 Å². The highest BCUT2D eigenvalue weighted by molar-refractivity contribution is 6.30. The van der Waals surface area contributed by atoms with Crippen LogP contribution in [0.3, 0.4) is 0 Å². The number of hydrogen-bond donors (Lipinski definition) is 1. The molecule has 0 bridgehead atoms. The fourth-order valence-corrected chi connectivity index (χ4v) is 4.00. The number of rotatable bonds is 3. The van der Waals surface area contributed by atoms with Crippen LogP contribution in [-0.2, 0) is 4.79 Å². The lowest BCUT2D eigenvalue weighted by Crippen LogP contribution is -2.52. The summed E-state index contributed by atoms with van der Waals surface area (Å²) in [6, 6.07) is 4.05. The van der Waals surface area contributed by atoms with Crippen LogP contribution in [0.25, 0.3) is 0 Å². The lowest BCUT2D eigenvalue weighted by Gasteiger charge is -2.36. The third kappa shape index (κ3) is 4.30. The number of carbonyl (C=O) groups is 2. The highest BCUT2D eigenvalue weighted by Crippen LogP contribution is 2.32. The van der Waals surface area contributed by atoms with Gasteiger partial charge in [0.05, 0.1) is 5.56 Å². The Morgan fingerprint density at radius 1 is 1.15 bits per heavy atom. The van der Waals surface area contributed by atoms with Crippen LogP contribution in [0, 0.1) is 17.7 Å². The molecule has 1 heterocycles. The van der Waals surface area contributed by atoms with Gasteiger partial charge in [0.25, 0.3) is 5.91 Å². The highest BCUT2D eigenvalue weighted by atomic mass is 35.5. The van der Waals surface area contributed by atoms with Gasteiger partial charge in [-0.2, -0.15) is 0 Å². The molecule has 0 aromatic heterocycles. The predicted octanol–water partition coefficient (Wildman–Crippen LogP) is 2.56. The first-order chi connectivity index (χ1) is 12.0. The molecule has 0 radical (unpaired) electrons. The Bertz CT molecular complexity index is 666. The predicted molar refractivity (Wildman–Crippen MR) is 101 cm³/mol. The zero-order chi connectivity index (χ0) is 18.0. The quantitative estimate of drug-likeness (QED) is 0.842. The Labute approximate surface area is 164 Å². The molecule has 1 aromatic carbocycles. The van der Waals surface area contributed by atoms with Crippen LogP contribution in [0.4, 0.5) is 4.39 Å². The van der Waals surface area contributed by atoms with E-state index in [0.29, 0.717) is 32.7 Å². The molecule has 1 saturated heterocycles. The number of nitrogens with two attached hydrogens (primary N) is 1. The van der Waals surface area contributed by atoms with Crippen molar-refractivity contribution < 1.29 is 14.0 Å². The number of benzene rings is 1. The molecule has 2 fully saturated rings. The summed E-state index contributed by atoms with van der Waals surface area (Å²) in [7, 11) is 0. The maximum absolute atomic E-state index is 13.9. The van der Waals surface area contributed by atoms with Crippen molar-refractivity contribution in [3.8, 4) is 0 Å². The van der Waals surface area contributed by atoms with E-state index in [4.69, 9.17) is 17.3 Å². The monoisotopic (exact) mass is 403 g/mol. The fourth-order valence-electron chi connectivity index (χ4n) is 3.84. The van der Waals surface area contributed by atoms with Crippen molar-refractivity contribution in [1.82, 2.24) is 9.80 Å². The SMILES string of the molecule is Cl.NC[C@H]1CCC[C@H]1C(=O)N1CCN(C(=O)c2ccc(Cl)cc2F)CC1. The van der Waals surface area contributed by atoms with E-state index in [0.717, 1.165) is 25.3 Å². The second kappa shape index (κ2) is 9.02. The molecule has 3 rings (SSSR count). The second-order valence-corrected chi connectivity index (χ2v) is 7.21. The lowest BCUT2D eigenvalue weighted by molar-refractivity contribution is -0.138. The molecule has 5 nitrogen and oxygen atoms in total. The minimum absolute atomic E-state index is 0. The summed E-state index contributed by atoms with van der Waals surface area (Å²) in [4.78, 5) is 28.6. The van der Waals surface area contributed by atoms with E-state index in [1.165, 1.54) is 12.1 Å². The summed E-state index contributed by atoms with van der Waals surface area (Å²) in [6.45, 7) is 2.32. The first-order valence-electron chi connectivity index (χ1n) is 8.74. The van der Waals surface area contributed by atoms with Crippen molar-refractivity contribution in [2.24, 2.45) is 17.6 Å². The van der Waals surface area contributed by atoms with E-state index in [9.17, 15) is 14.0 Å². The Hall–Kier alpha value is -1.37. The maximum atomic E-state index is 13.9. The van der Waals surface area contributed by atoms with Gasteiger partial charge in [0.1, 0.15) is 5.82 Å². The van der Waals surface area contributed by atoms with Crippen LogP contribution in [0.15, 0.2) is 18.2 Å². The molecule has 1 aromatic rings. The van der Waals surface area contributed by atoms with E-state index in [1.54, 1.807) is 4.90 Å². The lowest BCUT2D eigenvalue weighted by atomic mass is 9.94. The van der Waals surface area contributed by atoms with E-state index in [-0.39, 0.29) is 46.6 Å². The average molecular weight is 404 g/mol. The van der Waals surface area contributed by atoms with Crippen LogP contribution in [0.1, 0.15) is 29.6 Å². The molecule has 1 saturated carbocycles. The standard InChI is InChI=1S/C18H23ClFN3O2.ClH/c19-13-4-5-15(16(20)10-13)18(25)23-8-6-22(7-9-23)17(24)14-3-1-2-12(14)11-21;/h4-5,10,12,14H,1-3,6-9,11,21H2;1H/t12-,14-;/m1./s1. The molecule has 0 unspecified atom stereocenters. The number of hydrogen-bond acceptors (Lipinski definition) is 3. The van der Waals surface area contributed by atoms with Crippen LogP contribution >= 0.6 is 24.0 Å². The second-order valence-electron chi connectivity index (χ2n) is 6.77. The largest absolute Gasteiger partial charge is 0.339 e. The van der Waals surface area contributed by atoms with Gasteiger partial charge in [0, 0.05) is 37.1 Å². The van der Waals surface area contributed by atoms with Gasteiger partial charge in [0.15, 0.2) is 0 Å². The van der Waals surface area contributed by atoms with Gasteiger partial charge >= 0.3 is 0 Å². The molecule has 1 aliphatic heterocycles. The Balaban J connectivity index is 0.00000243. The van der Waals surface area contributed by atoms with Crippen LogP contribution in [0.2, 0.25) is 5.02 Å². The molecular formula is C18H24Cl2FN3O2. The van der Waals surface area contributed by atoms with Crippen molar-refractivity contribution >= 4 is 35.8 Å². The van der Waals surface area contributed by atoms with Crippen molar-refractivity contribution in [2.75, 3.05) is 32.7 Å². The van der Waals surface area contributed by atoms with Gasteiger partial charge in [0.2, 0.25) is 5.91 Å². The maximum Gasteiger partial charge on any atom is 0.256 e. The first kappa shape index (κ1) is 20.9. The molecule has 2 N–H and O–H groups in total. The van der Waals surface area contributed by atoms with E-state index in [1.807, 2.05) is 4.90 Å². The molecule has 0 spiro atoms. The normalized spacial score (nSPS) is 22.9. The Morgan fingerprint density at radius 3 is 2.42 bits per heavy atom. The summed E-state index contributed by atoms with van der Waals surface area (Å²) < 4.78 is 13.9. The molecule has 144 valence electrons. The van der Waals surface area contributed by atoms with Gasteiger partial charge in [-0.3, -0.25) is 9.59 Å². The number of halogens is 3. The third-order valence-electron chi connectivity index (χ3n) is 5.32. The third-order valence-corrected chi connectivity index (χ3v) is 5.55. The van der Waals surface area contributed by atoms with Gasteiger partial charge in [-0.25, -0.2) is 4.39 Å². The van der Waals surface area contributed by atoms with Crippen LogP contribution in [-0.4, -0.2) is 54.3 Å². The topological polar surface area (TPSA) is 66.6 Å². The minimum Gasteiger partial charge on any atom is -0.339 e. The summed E-state index contributed by atoms with van der Waals surface area (Å²) in [5.74, 6) is -0.538. The summed E-state index contributed by atoms with van der Waals surface area (Å²) in [6.07, 6.45) is 2.96. The van der Waals surface area contributed by atoms with E-state index >= 15 is 0 Å². The van der Waals surface area contributed by atoms with Crippen molar-refractivity contribution in [2.45, 2.75) is 19.3 Å². The van der Waals surface area contributed by atoms with E-state index < -0.39 is 5.82 Å². The van der Waals surface area contributed by atoms with Crippen molar-refractivity contribution in [3.05, 3.63) is 34.6 Å². The molecule has 2 atom stereocenters. The molecule has 2 amide bonds. The summed E-state index contributed by atoms with van der Waals surface area (Å²) >= 11 is 5.73. The average Bonchev–Trinajstić information content (AvgIpc) is 3.09. The van der Waals surface area contributed by atoms with Gasteiger partial charge in [-0.15, -0.1) is 12.4 Å². The summed E-state index contributed by atoms with van der Waals surface area (Å²) in [5, 5.41) is 0.260. The van der Waals surface area contributed by atoms with Gasteiger partial charge in [-0.05, 0) is 43.5 Å². The Kier molecular flexibility index (Phi) is 7.26. The molecule has 1 aliphatic carbocycles. The molecule has 8 heteroatoms. The number of carbonyl (C=O) groups excluding carboxylic acids is 2. The molecular weight excluding hydrogens is 380 g/mol. The van der Waals surface area contributed by atoms with Gasteiger partial charge < -0.3 is 15.5 Å². The first-order valence-corrected chi connectivity index (χ1v) is 9.12. The smallest absolute Gasteiger partial charge is 0.256 e. The molecule has 2 aliphatic rings. The zero-order valence-corrected chi connectivity index (χ0v) is 16.1. The number of amides is 2. The number of piperazine rings is 1. The van der Waals surface area contributed by atoms with E-state index in [2.05, 4.69) is 0 Å². The highest BCUT2D eigenvalue weighted by Gasteiger charge is 2.36. The minimum atomic E-state index is -0.618. The molecule has 26 heavy (non-hydrogen) atoms. The number of nitrogens with zero attached hydrogens (tertiary/aromatic N) is 2. The zero-order valence-electron chi connectivity index (χ0n) is 14.5. The Morgan fingerprint density at radius 2 is 1.81 bits per heavy atom. The summed E-state index contributed by atoms with van der Waals surface area (Å²) in [5.41, 5.74) is 5.79. The van der Waals surface area contributed by atoms with Crippen LogP contribution < -0.4 is 5.73 Å². The van der Waals surface area contributed by atoms with Crippen molar-refractivity contribution in [1.29, 1.82) is 0 Å². The fraction of sp³-hybridized carbons (Fsp3) is 0.556. The van der Waals surface area contributed by atoms with Gasteiger partial charge in [-0.1, -0.05) is 18.0 Å². The van der Waals surface area contributed by atoms with Crippen molar-refractivity contribution in [3.63, 3.8) is 0 Å².